The van der Waals surface area contributed by atoms with Gasteiger partial charge in [0, 0.05) is 17.6 Å². The minimum atomic E-state index is -4.66. The van der Waals surface area contributed by atoms with Crippen LogP contribution in [0, 0.1) is 23.7 Å². The van der Waals surface area contributed by atoms with Gasteiger partial charge in [-0.2, -0.15) is 13.2 Å². The molecule has 2 N–H and O–H groups in total. The van der Waals surface area contributed by atoms with Gasteiger partial charge in [0.05, 0.1) is 6.10 Å². The zero-order chi connectivity index (χ0) is 22.1. The third-order valence-electron chi connectivity index (χ3n) is 7.34. The van der Waals surface area contributed by atoms with Gasteiger partial charge in [-0.15, -0.1) is 0 Å². The Morgan fingerprint density at radius 2 is 1.90 bits per heavy atom. The van der Waals surface area contributed by atoms with E-state index in [4.69, 9.17) is 9.47 Å². The maximum atomic E-state index is 13.2. The number of allylic oxidation sites excluding steroid dienone is 1. The Bertz CT molecular complexity index is 919. The summed E-state index contributed by atoms with van der Waals surface area (Å²) in [5, 5.41) is 21.0. The summed E-state index contributed by atoms with van der Waals surface area (Å²) in [5.41, 5.74) is -0.745. The number of aliphatic hydroxyl groups excluding tert-OH is 2. The normalized spacial score (nSPS) is 41.9. The van der Waals surface area contributed by atoms with E-state index in [1.807, 2.05) is 6.08 Å². The molecule has 3 fully saturated rings. The van der Waals surface area contributed by atoms with Crippen LogP contribution in [0.1, 0.15) is 31.9 Å². The number of aromatic nitrogens is 1. The maximum Gasteiger partial charge on any atom is 0.433 e. The van der Waals surface area contributed by atoms with Gasteiger partial charge in [-0.1, -0.05) is 12.1 Å². The summed E-state index contributed by atoms with van der Waals surface area (Å²) >= 11 is 0. The first-order chi connectivity index (χ1) is 14.6. The highest BCUT2D eigenvalue weighted by atomic mass is 19.4. The number of hydrogen-bond acceptors (Lipinski definition) is 6. The minimum absolute atomic E-state index is 0.0383. The van der Waals surface area contributed by atoms with E-state index in [0.717, 1.165) is 31.4 Å². The summed E-state index contributed by atoms with van der Waals surface area (Å²) in [5.74, 6) is 0.444. The molecule has 2 bridgehead atoms. The van der Waals surface area contributed by atoms with Crippen molar-refractivity contribution >= 4 is 5.78 Å². The highest BCUT2D eigenvalue weighted by Crippen LogP contribution is 2.57. The highest BCUT2D eigenvalue weighted by molar-refractivity contribution is 6.01. The number of rotatable bonds is 3. The Labute approximate surface area is 177 Å². The number of ether oxygens (including phenoxy) is 2. The number of nitrogens with zero attached hydrogens (tertiary/aromatic N) is 1. The van der Waals surface area contributed by atoms with Crippen molar-refractivity contribution in [2.45, 2.75) is 62.9 Å². The Morgan fingerprint density at radius 1 is 1.16 bits per heavy atom. The topological polar surface area (TPSA) is 88.9 Å². The highest BCUT2D eigenvalue weighted by Gasteiger charge is 2.57. The van der Waals surface area contributed by atoms with Crippen molar-refractivity contribution in [3.05, 3.63) is 35.5 Å². The van der Waals surface area contributed by atoms with Crippen LogP contribution >= 0.6 is 0 Å². The van der Waals surface area contributed by atoms with Crippen LogP contribution < -0.4 is 4.74 Å². The number of pyridine rings is 1. The molecule has 0 radical (unpaired) electrons. The van der Waals surface area contributed by atoms with Crippen molar-refractivity contribution in [3.63, 3.8) is 0 Å². The van der Waals surface area contributed by atoms with Gasteiger partial charge in [0.25, 0.3) is 0 Å². The Kier molecular flexibility index (Phi) is 4.91. The van der Waals surface area contributed by atoms with Crippen molar-refractivity contribution in [1.29, 1.82) is 0 Å². The Hall–Kier alpha value is -1.97. The lowest BCUT2D eigenvalue weighted by Gasteiger charge is -2.41. The molecule has 0 aromatic carbocycles. The first-order valence-corrected chi connectivity index (χ1v) is 10.6. The zero-order valence-corrected chi connectivity index (χ0v) is 16.8. The fraction of sp³-hybridized carbons (Fsp3) is 0.636. The second kappa shape index (κ2) is 7.28. The number of aliphatic hydroxyl groups is 2. The molecule has 3 aliphatic carbocycles. The SMILES string of the molecule is C[C@H]1O[C@H](C2=CC3C4CCC(C4)C3C2=O)[C@H](Oc2cccc(C(F)(F)F)n2)[C@@H](O)[C@H]1O. The van der Waals surface area contributed by atoms with Crippen molar-refractivity contribution in [2.24, 2.45) is 23.7 Å². The maximum absolute atomic E-state index is 13.2. The molecule has 9 heteroatoms. The van der Waals surface area contributed by atoms with Crippen LogP contribution in [-0.4, -0.2) is 51.5 Å². The van der Waals surface area contributed by atoms with Gasteiger partial charge in [-0.25, -0.2) is 4.98 Å². The summed E-state index contributed by atoms with van der Waals surface area (Å²) in [6.45, 7) is 1.57. The molecular weight excluding hydrogens is 415 g/mol. The van der Waals surface area contributed by atoms with Crippen LogP contribution in [0.3, 0.4) is 0 Å². The van der Waals surface area contributed by atoms with E-state index < -0.39 is 42.4 Å². The molecule has 1 aliphatic heterocycles. The fourth-order valence-electron chi connectivity index (χ4n) is 5.88. The number of ketones is 1. The molecule has 4 unspecified atom stereocenters. The lowest BCUT2D eigenvalue weighted by Crippen LogP contribution is -2.59. The van der Waals surface area contributed by atoms with E-state index in [1.54, 1.807) is 6.92 Å². The summed E-state index contributed by atoms with van der Waals surface area (Å²) in [7, 11) is 0. The zero-order valence-electron chi connectivity index (χ0n) is 16.8. The summed E-state index contributed by atoms with van der Waals surface area (Å²) in [6.07, 6.45) is -5.42. The van der Waals surface area contributed by atoms with Gasteiger partial charge in [0.15, 0.2) is 11.9 Å². The molecule has 4 aliphatic rings. The van der Waals surface area contributed by atoms with Crippen LogP contribution in [0.25, 0.3) is 0 Å². The molecule has 2 saturated carbocycles. The van der Waals surface area contributed by atoms with Crippen molar-refractivity contribution < 1.29 is 37.7 Å². The van der Waals surface area contributed by atoms with Gasteiger partial charge < -0.3 is 19.7 Å². The van der Waals surface area contributed by atoms with Gasteiger partial charge in [-0.3, -0.25) is 4.79 Å². The van der Waals surface area contributed by atoms with Crippen LogP contribution in [0.2, 0.25) is 0 Å². The van der Waals surface area contributed by atoms with Crippen LogP contribution in [0.5, 0.6) is 5.88 Å². The third-order valence-corrected chi connectivity index (χ3v) is 7.34. The second-order valence-electron chi connectivity index (χ2n) is 9.11. The molecule has 31 heavy (non-hydrogen) atoms. The van der Waals surface area contributed by atoms with Crippen molar-refractivity contribution in [3.8, 4) is 5.88 Å². The Balaban J connectivity index is 1.46. The molecule has 1 aromatic rings. The second-order valence-corrected chi connectivity index (χ2v) is 9.11. The molecule has 5 rings (SSSR count). The number of Topliss-reactive ketones (excluding diaryl/α,β-unsaturated/α-hetero) is 1. The number of alkyl halides is 3. The molecule has 0 spiro atoms. The van der Waals surface area contributed by atoms with Gasteiger partial charge in [0.2, 0.25) is 5.88 Å². The monoisotopic (exact) mass is 439 g/mol. The smallest absolute Gasteiger partial charge is 0.433 e. The number of hydrogen-bond donors (Lipinski definition) is 2. The number of fused-ring (bicyclic) bond motifs is 5. The molecule has 9 atom stereocenters. The first-order valence-electron chi connectivity index (χ1n) is 10.6. The van der Waals surface area contributed by atoms with E-state index in [1.165, 1.54) is 6.07 Å². The summed E-state index contributed by atoms with van der Waals surface area (Å²) in [6, 6.07) is 3.20. The molecule has 6 nitrogen and oxygen atoms in total. The number of carbonyl (C=O) groups is 1. The Morgan fingerprint density at radius 3 is 2.61 bits per heavy atom. The largest absolute Gasteiger partial charge is 0.468 e. The lowest BCUT2D eigenvalue weighted by molar-refractivity contribution is -0.201. The minimum Gasteiger partial charge on any atom is -0.468 e. The van der Waals surface area contributed by atoms with Gasteiger partial charge >= 0.3 is 6.18 Å². The quantitative estimate of drug-likeness (QED) is 0.753. The van der Waals surface area contributed by atoms with E-state index in [-0.39, 0.29) is 23.5 Å². The molecule has 2 heterocycles. The van der Waals surface area contributed by atoms with Crippen molar-refractivity contribution in [1.82, 2.24) is 4.98 Å². The first kappa shape index (κ1) is 20.9. The van der Waals surface area contributed by atoms with E-state index >= 15 is 0 Å². The molecular formula is C22H24F3NO5. The number of carbonyl (C=O) groups excluding carboxylic acids is 1. The van der Waals surface area contributed by atoms with Crippen molar-refractivity contribution in [2.75, 3.05) is 0 Å². The summed E-state index contributed by atoms with van der Waals surface area (Å²) in [4.78, 5) is 16.7. The third kappa shape index (κ3) is 3.37. The standard InChI is InChI=1S/C22H24F3NO5/c1-9-17(27)19(29)21(31-15-4-2-3-14(26-15)22(23,24)25)20(30-9)13-8-12-10-5-6-11(7-10)16(12)18(13)28/h2-4,8-12,16-17,19-21,27,29H,5-7H2,1H3/t9-,10?,11?,12?,16?,17+,19+,20-,21-/m1/s1. The van der Waals surface area contributed by atoms with Crippen LogP contribution in [0.15, 0.2) is 29.8 Å². The average Bonchev–Trinajstić information content (AvgIpc) is 3.42. The molecule has 0 amide bonds. The predicted molar refractivity (Wildman–Crippen MR) is 101 cm³/mol. The molecule has 168 valence electrons. The van der Waals surface area contributed by atoms with E-state index in [0.29, 0.717) is 17.4 Å². The van der Waals surface area contributed by atoms with E-state index in [9.17, 15) is 28.2 Å². The average molecular weight is 439 g/mol. The van der Waals surface area contributed by atoms with Crippen LogP contribution in [0.4, 0.5) is 13.2 Å². The summed E-state index contributed by atoms with van der Waals surface area (Å²) < 4.78 is 50.6. The van der Waals surface area contributed by atoms with E-state index in [2.05, 4.69) is 4.98 Å². The predicted octanol–water partition coefficient (Wildman–Crippen LogP) is 2.53. The lowest BCUT2D eigenvalue weighted by atomic mass is 9.80. The fourth-order valence-corrected chi connectivity index (χ4v) is 5.88. The molecule has 1 aromatic heterocycles. The van der Waals surface area contributed by atoms with Gasteiger partial charge in [0.1, 0.15) is 24.0 Å². The molecule has 1 saturated heterocycles. The van der Waals surface area contributed by atoms with Gasteiger partial charge in [-0.05, 0) is 50.0 Å². The number of halogens is 3. The van der Waals surface area contributed by atoms with Crippen LogP contribution in [-0.2, 0) is 15.7 Å².